The summed E-state index contributed by atoms with van der Waals surface area (Å²) in [6, 6.07) is 5.80. The van der Waals surface area contributed by atoms with E-state index in [4.69, 9.17) is 10.5 Å². The minimum Gasteiger partial charge on any atom is -0.462 e. The first-order valence-corrected chi connectivity index (χ1v) is 14.2. The Bertz CT molecular complexity index is 1300. The van der Waals surface area contributed by atoms with Crippen LogP contribution in [0.1, 0.15) is 75.2 Å². The number of esters is 1. The SMILES string of the molecule is CCOC(=O)c1cnc(SCc2csc(CC(=O)Cc3ccc(C)cc3C(=O)C3CCCC3)n2)nc1N. The number of aromatic nitrogens is 3. The molecule has 4 rings (SSSR count). The number of thiazole rings is 1. The third-order valence-electron chi connectivity index (χ3n) is 6.23. The molecule has 10 heteroatoms. The van der Waals surface area contributed by atoms with E-state index >= 15 is 0 Å². The Balaban J connectivity index is 1.34. The number of ether oxygens (including phenoxy) is 1. The molecule has 1 saturated carbocycles. The van der Waals surface area contributed by atoms with Gasteiger partial charge in [-0.15, -0.1) is 11.3 Å². The van der Waals surface area contributed by atoms with Gasteiger partial charge < -0.3 is 10.5 Å². The molecule has 0 unspecified atom stereocenters. The number of nitrogen functional groups attached to an aromatic ring is 1. The smallest absolute Gasteiger partial charge is 0.343 e. The van der Waals surface area contributed by atoms with Crippen LogP contribution in [0.15, 0.2) is 34.9 Å². The Morgan fingerprint density at radius 2 is 1.92 bits per heavy atom. The number of aryl methyl sites for hydroxylation is 1. The molecule has 194 valence electrons. The van der Waals surface area contributed by atoms with E-state index in [0.717, 1.165) is 47.5 Å². The molecule has 0 bridgehead atoms. The molecular weight excluding hydrogens is 508 g/mol. The molecule has 0 amide bonds. The van der Waals surface area contributed by atoms with E-state index in [9.17, 15) is 14.4 Å². The number of thioether (sulfide) groups is 1. The Hall–Kier alpha value is -3.11. The third kappa shape index (κ3) is 7.01. The lowest BCUT2D eigenvalue weighted by atomic mass is 9.90. The molecule has 0 aliphatic heterocycles. The number of ketones is 2. The highest BCUT2D eigenvalue weighted by Gasteiger charge is 2.26. The fourth-order valence-corrected chi connectivity index (χ4v) is 6.02. The maximum atomic E-state index is 13.1. The summed E-state index contributed by atoms with van der Waals surface area (Å²) in [6.07, 6.45) is 5.87. The predicted molar refractivity (Wildman–Crippen MR) is 144 cm³/mol. The molecule has 0 saturated heterocycles. The highest BCUT2D eigenvalue weighted by Crippen LogP contribution is 2.30. The summed E-state index contributed by atoms with van der Waals surface area (Å²) in [5, 5.41) is 3.07. The number of Topliss-reactive ketones (excluding diaryl/α,β-unsaturated/α-hetero) is 2. The monoisotopic (exact) mass is 538 g/mol. The highest BCUT2D eigenvalue weighted by molar-refractivity contribution is 7.98. The summed E-state index contributed by atoms with van der Waals surface area (Å²) >= 11 is 2.78. The minimum atomic E-state index is -0.550. The first-order valence-electron chi connectivity index (χ1n) is 12.3. The molecule has 2 aromatic heterocycles. The number of benzene rings is 1. The predicted octanol–water partition coefficient (Wildman–Crippen LogP) is 5.02. The molecule has 1 aromatic carbocycles. The van der Waals surface area contributed by atoms with Crippen LogP contribution >= 0.6 is 23.1 Å². The number of hydrogen-bond donors (Lipinski definition) is 1. The zero-order valence-electron chi connectivity index (χ0n) is 21.0. The van der Waals surface area contributed by atoms with Gasteiger partial charge in [0.15, 0.2) is 10.9 Å². The first kappa shape index (κ1) is 26.9. The van der Waals surface area contributed by atoms with Gasteiger partial charge in [0.2, 0.25) is 0 Å². The quantitative estimate of drug-likeness (QED) is 0.155. The van der Waals surface area contributed by atoms with Gasteiger partial charge in [-0.25, -0.2) is 19.7 Å². The number of carbonyl (C=O) groups is 3. The van der Waals surface area contributed by atoms with Gasteiger partial charge in [-0.2, -0.15) is 0 Å². The summed E-state index contributed by atoms with van der Waals surface area (Å²) in [5.74, 6) is 0.309. The summed E-state index contributed by atoms with van der Waals surface area (Å²) in [7, 11) is 0. The standard InChI is InChI=1S/C27H30N4O4S2/c1-3-35-26(34)22-13-29-27(31-25(22)28)37-15-19-14-36-23(30-19)12-20(32)11-18-9-8-16(2)10-21(18)24(33)17-6-4-5-7-17/h8-10,13-14,17H,3-7,11-12,15H2,1-2H3,(H2,28,29,31). The van der Waals surface area contributed by atoms with Gasteiger partial charge in [0, 0.05) is 35.2 Å². The van der Waals surface area contributed by atoms with Crippen LogP contribution < -0.4 is 5.73 Å². The second-order valence-corrected chi connectivity index (χ2v) is 11.0. The molecule has 1 aliphatic carbocycles. The van der Waals surface area contributed by atoms with Crippen LogP contribution in [0.5, 0.6) is 0 Å². The first-order chi connectivity index (χ1) is 17.8. The number of hydrogen-bond acceptors (Lipinski definition) is 10. The Labute approximate surface area is 224 Å². The van der Waals surface area contributed by atoms with Gasteiger partial charge in [0.05, 0.1) is 18.7 Å². The summed E-state index contributed by atoms with van der Waals surface area (Å²) in [5.41, 5.74) is 9.36. The number of anilines is 1. The van der Waals surface area contributed by atoms with Gasteiger partial charge in [-0.3, -0.25) is 9.59 Å². The van der Waals surface area contributed by atoms with Crippen LogP contribution in [0.25, 0.3) is 0 Å². The normalized spacial score (nSPS) is 13.6. The van der Waals surface area contributed by atoms with Crippen molar-refractivity contribution in [2.24, 2.45) is 5.92 Å². The van der Waals surface area contributed by atoms with Crippen LogP contribution in [0, 0.1) is 12.8 Å². The third-order valence-corrected chi connectivity index (χ3v) is 8.03. The molecule has 0 atom stereocenters. The molecule has 37 heavy (non-hydrogen) atoms. The van der Waals surface area contributed by atoms with E-state index < -0.39 is 5.97 Å². The Morgan fingerprint density at radius 1 is 1.14 bits per heavy atom. The van der Waals surface area contributed by atoms with E-state index in [0.29, 0.717) is 16.5 Å². The Morgan fingerprint density at radius 3 is 2.65 bits per heavy atom. The average Bonchev–Trinajstić information content (AvgIpc) is 3.56. The molecular formula is C27H30N4O4S2. The van der Waals surface area contributed by atoms with Crippen molar-refractivity contribution in [2.45, 2.75) is 63.3 Å². The second kappa shape index (κ2) is 12.4. The van der Waals surface area contributed by atoms with Crippen LogP contribution in [0.2, 0.25) is 0 Å². The molecule has 0 radical (unpaired) electrons. The van der Waals surface area contributed by atoms with Gasteiger partial charge in [0.25, 0.3) is 0 Å². The van der Waals surface area contributed by atoms with E-state index in [-0.39, 0.29) is 48.3 Å². The Kier molecular flexibility index (Phi) is 9.04. The van der Waals surface area contributed by atoms with Crippen molar-refractivity contribution in [2.75, 3.05) is 12.3 Å². The van der Waals surface area contributed by atoms with Gasteiger partial charge in [-0.1, -0.05) is 42.3 Å². The topological polar surface area (TPSA) is 125 Å². The van der Waals surface area contributed by atoms with E-state index in [1.54, 1.807) is 6.92 Å². The molecule has 2 heterocycles. The summed E-state index contributed by atoms with van der Waals surface area (Å²) in [4.78, 5) is 50.8. The van der Waals surface area contributed by atoms with Crippen molar-refractivity contribution in [3.63, 3.8) is 0 Å². The maximum absolute atomic E-state index is 13.1. The summed E-state index contributed by atoms with van der Waals surface area (Å²) < 4.78 is 4.94. The van der Waals surface area contributed by atoms with Crippen molar-refractivity contribution < 1.29 is 19.1 Å². The molecule has 8 nitrogen and oxygen atoms in total. The molecule has 1 fully saturated rings. The zero-order valence-corrected chi connectivity index (χ0v) is 22.6. The number of rotatable bonds is 11. The van der Waals surface area contributed by atoms with E-state index in [1.165, 1.54) is 29.3 Å². The maximum Gasteiger partial charge on any atom is 0.343 e. The lowest BCUT2D eigenvalue weighted by Crippen LogP contribution is -2.16. The second-order valence-electron chi connectivity index (χ2n) is 9.09. The summed E-state index contributed by atoms with van der Waals surface area (Å²) in [6.45, 7) is 3.93. The van der Waals surface area contributed by atoms with Crippen molar-refractivity contribution >= 4 is 46.5 Å². The minimum absolute atomic E-state index is 0.0311. The number of carbonyl (C=O) groups excluding carboxylic acids is 3. The fourth-order valence-electron chi connectivity index (χ4n) is 4.37. The lowest BCUT2D eigenvalue weighted by Gasteiger charge is -2.13. The van der Waals surface area contributed by atoms with Crippen LogP contribution in [-0.4, -0.2) is 39.1 Å². The van der Waals surface area contributed by atoms with Gasteiger partial charge in [-0.05, 0) is 38.3 Å². The van der Waals surface area contributed by atoms with Crippen molar-refractivity contribution in [3.8, 4) is 0 Å². The molecule has 1 aliphatic rings. The lowest BCUT2D eigenvalue weighted by molar-refractivity contribution is -0.117. The van der Waals surface area contributed by atoms with Gasteiger partial charge in [0.1, 0.15) is 22.2 Å². The fraction of sp³-hybridized carbons (Fsp3) is 0.407. The largest absolute Gasteiger partial charge is 0.462 e. The van der Waals surface area contributed by atoms with Crippen molar-refractivity contribution in [1.29, 1.82) is 0 Å². The number of nitrogens with two attached hydrogens (primary N) is 1. The molecule has 0 spiro atoms. The van der Waals surface area contributed by atoms with Crippen molar-refractivity contribution in [1.82, 2.24) is 15.0 Å². The van der Waals surface area contributed by atoms with E-state index in [2.05, 4.69) is 15.0 Å². The van der Waals surface area contributed by atoms with Crippen LogP contribution in [-0.2, 0) is 28.1 Å². The number of nitrogens with zero attached hydrogens (tertiary/aromatic N) is 3. The average molecular weight is 539 g/mol. The molecule has 2 N–H and O–H groups in total. The van der Waals surface area contributed by atoms with Crippen LogP contribution in [0.4, 0.5) is 5.82 Å². The van der Waals surface area contributed by atoms with Crippen molar-refractivity contribution in [3.05, 3.63) is 62.7 Å². The zero-order chi connectivity index (χ0) is 26.4. The molecule has 3 aromatic rings. The van der Waals surface area contributed by atoms with Crippen LogP contribution in [0.3, 0.4) is 0 Å². The van der Waals surface area contributed by atoms with E-state index in [1.807, 2.05) is 30.5 Å². The van der Waals surface area contributed by atoms with Gasteiger partial charge >= 0.3 is 5.97 Å². The highest BCUT2D eigenvalue weighted by atomic mass is 32.2.